The molecule has 0 bridgehead atoms. The van der Waals surface area contributed by atoms with E-state index in [2.05, 4.69) is 5.16 Å². The number of methoxy groups -OCH3 is 1. The van der Waals surface area contributed by atoms with E-state index in [1.165, 1.54) is 17.8 Å². The minimum absolute atomic E-state index is 0.0781. The van der Waals surface area contributed by atoms with Crippen LogP contribution in [0.2, 0.25) is 0 Å². The van der Waals surface area contributed by atoms with Crippen LogP contribution in [0.4, 0.5) is 0 Å². The molecule has 1 aromatic carbocycles. The van der Waals surface area contributed by atoms with E-state index in [0.717, 1.165) is 10.6 Å². The summed E-state index contributed by atoms with van der Waals surface area (Å²) in [4.78, 5) is 11.6. The summed E-state index contributed by atoms with van der Waals surface area (Å²) in [6, 6.07) is 9.02. The normalized spacial score (nSPS) is 10.3. The van der Waals surface area contributed by atoms with Gasteiger partial charge in [0.15, 0.2) is 5.69 Å². The maximum Gasteiger partial charge on any atom is 0.358 e. The minimum Gasteiger partial charge on any atom is -0.496 e. The van der Waals surface area contributed by atoms with Gasteiger partial charge in [-0.2, -0.15) is 0 Å². The first-order valence-corrected chi connectivity index (χ1v) is 6.14. The van der Waals surface area contributed by atoms with Crippen molar-refractivity contribution in [2.75, 3.05) is 7.11 Å². The van der Waals surface area contributed by atoms with Gasteiger partial charge in [0.25, 0.3) is 0 Å². The Morgan fingerprint density at radius 2 is 2.28 bits per heavy atom. The molecule has 94 valence electrons. The molecule has 5 nitrogen and oxygen atoms in total. The summed E-state index contributed by atoms with van der Waals surface area (Å²) in [6.07, 6.45) is 0. The number of rotatable bonds is 5. The SMILES string of the molecule is COc1ccccc1SCc1cc(C(=O)O)no1. The number of carbonyl (C=O) groups is 1. The van der Waals surface area contributed by atoms with Crippen molar-refractivity contribution in [1.29, 1.82) is 0 Å². The van der Waals surface area contributed by atoms with Crippen LogP contribution in [0.15, 0.2) is 39.8 Å². The number of ether oxygens (including phenoxy) is 1. The predicted molar refractivity (Wildman–Crippen MR) is 66.0 cm³/mol. The predicted octanol–water partition coefficient (Wildman–Crippen LogP) is 2.67. The lowest BCUT2D eigenvalue weighted by Crippen LogP contribution is -1.94. The molecule has 1 aromatic heterocycles. The van der Waals surface area contributed by atoms with Crippen molar-refractivity contribution in [2.24, 2.45) is 0 Å². The van der Waals surface area contributed by atoms with Crippen LogP contribution in [0.1, 0.15) is 16.2 Å². The van der Waals surface area contributed by atoms with E-state index in [4.69, 9.17) is 14.4 Å². The number of carboxylic acid groups (broad SMARTS) is 1. The number of aromatic carboxylic acids is 1. The van der Waals surface area contributed by atoms with Gasteiger partial charge >= 0.3 is 5.97 Å². The molecule has 0 spiro atoms. The van der Waals surface area contributed by atoms with E-state index in [-0.39, 0.29) is 5.69 Å². The monoisotopic (exact) mass is 265 g/mol. The second kappa shape index (κ2) is 5.59. The molecule has 0 saturated carbocycles. The Morgan fingerprint density at radius 3 is 2.94 bits per heavy atom. The van der Waals surface area contributed by atoms with Gasteiger partial charge in [-0.1, -0.05) is 17.3 Å². The Balaban J connectivity index is 2.04. The molecule has 2 aromatic rings. The van der Waals surface area contributed by atoms with Gasteiger partial charge < -0.3 is 14.4 Å². The van der Waals surface area contributed by atoms with Gasteiger partial charge in [-0.25, -0.2) is 4.79 Å². The van der Waals surface area contributed by atoms with Crippen molar-refractivity contribution < 1.29 is 19.2 Å². The molecule has 0 aliphatic carbocycles. The first-order valence-electron chi connectivity index (χ1n) is 5.15. The summed E-state index contributed by atoms with van der Waals surface area (Å²) in [6.45, 7) is 0. The van der Waals surface area contributed by atoms with Crippen molar-refractivity contribution in [3.8, 4) is 5.75 Å². The summed E-state index contributed by atoms with van der Waals surface area (Å²) < 4.78 is 10.1. The van der Waals surface area contributed by atoms with Crippen LogP contribution >= 0.6 is 11.8 Å². The highest BCUT2D eigenvalue weighted by Crippen LogP contribution is 2.31. The molecule has 6 heteroatoms. The molecule has 0 radical (unpaired) electrons. The molecule has 2 rings (SSSR count). The average Bonchev–Trinajstić information content (AvgIpc) is 2.85. The standard InChI is InChI=1S/C12H11NO4S/c1-16-10-4-2-3-5-11(10)18-7-8-6-9(12(14)15)13-17-8/h2-6H,7H2,1H3,(H,14,15). The number of carboxylic acids is 1. The fourth-order valence-electron chi connectivity index (χ4n) is 1.37. The first-order chi connectivity index (χ1) is 8.70. The maximum absolute atomic E-state index is 10.6. The largest absolute Gasteiger partial charge is 0.496 e. The Kier molecular flexibility index (Phi) is 3.88. The zero-order valence-electron chi connectivity index (χ0n) is 9.62. The highest BCUT2D eigenvalue weighted by atomic mass is 32.2. The van der Waals surface area contributed by atoms with Gasteiger partial charge in [0.2, 0.25) is 0 Å². The van der Waals surface area contributed by atoms with Crippen molar-refractivity contribution in [1.82, 2.24) is 5.16 Å². The van der Waals surface area contributed by atoms with Gasteiger partial charge in [0, 0.05) is 11.0 Å². The van der Waals surface area contributed by atoms with E-state index in [1.807, 2.05) is 24.3 Å². The van der Waals surface area contributed by atoms with Crippen LogP contribution in [0.3, 0.4) is 0 Å². The number of benzene rings is 1. The molecule has 1 N–H and O–H groups in total. The van der Waals surface area contributed by atoms with Crippen LogP contribution in [0, 0.1) is 0 Å². The summed E-state index contributed by atoms with van der Waals surface area (Å²) in [7, 11) is 1.61. The second-order valence-corrected chi connectivity index (χ2v) is 4.44. The number of nitrogens with zero attached hydrogens (tertiary/aromatic N) is 1. The first kappa shape index (κ1) is 12.5. The molecule has 0 aliphatic heterocycles. The van der Waals surface area contributed by atoms with Crippen LogP contribution in [-0.2, 0) is 5.75 Å². The highest BCUT2D eigenvalue weighted by Gasteiger charge is 2.11. The third-order valence-electron chi connectivity index (χ3n) is 2.22. The Hall–Kier alpha value is -1.95. The summed E-state index contributed by atoms with van der Waals surface area (Å²) in [5.41, 5.74) is -0.0781. The van der Waals surface area contributed by atoms with E-state index in [0.29, 0.717) is 11.5 Å². The summed E-state index contributed by atoms with van der Waals surface area (Å²) in [5, 5.41) is 12.2. The Morgan fingerprint density at radius 1 is 1.50 bits per heavy atom. The van der Waals surface area contributed by atoms with Gasteiger partial charge in [0.05, 0.1) is 12.9 Å². The molecule has 1 heterocycles. The molecule has 0 aliphatic rings. The third-order valence-corrected chi connectivity index (χ3v) is 3.29. The highest BCUT2D eigenvalue weighted by molar-refractivity contribution is 7.98. The van der Waals surface area contributed by atoms with Crippen LogP contribution < -0.4 is 4.74 Å². The van der Waals surface area contributed by atoms with Crippen LogP contribution in [0.25, 0.3) is 0 Å². The lowest BCUT2D eigenvalue weighted by atomic mass is 10.3. The minimum atomic E-state index is -1.09. The van der Waals surface area contributed by atoms with Crippen molar-refractivity contribution >= 4 is 17.7 Å². The quantitative estimate of drug-likeness (QED) is 0.838. The number of hydrogen-bond acceptors (Lipinski definition) is 5. The van der Waals surface area contributed by atoms with Crippen molar-refractivity contribution in [2.45, 2.75) is 10.6 Å². The van der Waals surface area contributed by atoms with E-state index in [1.54, 1.807) is 7.11 Å². The fraction of sp³-hybridized carbons (Fsp3) is 0.167. The number of para-hydroxylation sites is 1. The van der Waals surface area contributed by atoms with E-state index >= 15 is 0 Å². The molecule has 0 atom stereocenters. The van der Waals surface area contributed by atoms with Crippen LogP contribution in [0.5, 0.6) is 5.75 Å². The van der Waals surface area contributed by atoms with Gasteiger partial charge in [-0.3, -0.25) is 0 Å². The second-order valence-electron chi connectivity index (χ2n) is 3.42. The molecule has 18 heavy (non-hydrogen) atoms. The van der Waals surface area contributed by atoms with E-state index in [9.17, 15) is 4.79 Å². The molecule has 0 amide bonds. The lowest BCUT2D eigenvalue weighted by Gasteiger charge is -2.05. The topological polar surface area (TPSA) is 72.6 Å². The Bertz CT molecular complexity index is 553. The zero-order valence-corrected chi connectivity index (χ0v) is 10.4. The number of aromatic nitrogens is 1. The van der Waals surface area contributed by atoms with Crippen molar-refractivity contribution in [3.05, 3.63) is 41.8 Å². The maximum atomic E-state index is 10.6. The smallest absolute Gasteiger partial charge is 0.358 e. The Labute approximate surface area is 108 Å². The number of thioether (sulfide) groups is 1. The zero-order chi connectivity index (χ0) is 13.0. The lowest BCUT2D eigenvalue weighted by molar-refractivity contribution is 0.0685. The average molecular weight is 265 g/mol. The third kappa shape index (κ3) is 2.84. The van der Waals surface area contributed by atoms with Gasteiger partial charge in [-0.15, -0.1) is 11.8 Å². The summed E-state index contributed by atoms with van der Waals surface area (Å²) >= 11 is 1.50. The summed E-state index contributed by atoms with van der Waals surface area (Å²) in [5.74, 6) is 0.705. The van der Waals surface area contributed by atoms with Crippen molar-refractivity contribution in [3.63, 3.8) is 0 Å². The van der Waals surface area contributed by atoms with Gasteiger partial charge in [0.1, 0.15) is 11.5 Å². The molecule has 0 fully saturated rings. The van der Waals surface area contributed by atoms with E-state index < -0.39 is 5.97 Å². The molecule has 0 unspecified atom stereocenters. The van der Waals surface area contributed by atoms with Crippen LogP contribution in [-0.4, -0.2) is 23.3 Å². The molecular formula is C12H11NO4S. The number of hydrogen-bond donors (Lipinski definition) is 1. The van der Waals surface area contributed by atoms with Gasteiger partial charge in [-0.05, 0) is 12.1 Å². The fourth-order valence-corrected chi connectivity index (χ4v) is 2.27. The molecular weight excluding hydrogens is 254 g/mol. The molecule has 0 saturated heterocycles.